The minimum absolute atomic E-state index is 0.00421. The molecule has 0 heterocycles. The van der Waals surface area contributed by atoms with Gasteiger partial charge in [0.1, 0.15) is 0 Å². The first-order valence-corrected chi connectivity index (χ1v) is 5.67. The number of amides is 1. The summed E-state index contributed by atoms with van der Waals surface area (Å²) in [7, 11) is 0. The van der Waals surface area contributed by atoms with Gasteiger partial charge in [-0.3, -0.25) is 4.79 Å². The number of hydrogen-bond acceptors (Lipinski definition) is 2. The minimum atomic E-state index is -0.330. The second-order valence-electron chi connectivity index (χ2n) is 3.95. The molecule has 3 heteroatoms. The zero-order valence-corrected chi connectivity index (χ0v) is 9.68. The Morgan fingerprint density at radius 2 is 1.93 bits per heavy atom. The third kappa shape index (κ3) is 5.97. The van der Waals surface area contributed by atoms with Crippen molar-refractivity contribution in [2.75, 3.05) is 0 Å². The molecule has 0 saturated heterocycles. The maximum absolute atomic E-state index is 11.5. The van der Waals surface area contributed by atoms with E-state index in [0.29, 0.717) is 0 Å². The lowest BCUT2D eigenvalue weighted by Gasteiger charge is -2.16. The van der Waals surface area contributed by atoms with Gasteiger partial charge in [0.05, 0.1) is 6.04 Å². The summed E-state index contributed by atoms with van der Waals surface area (Å²) in [6.07, 6.45) is 5.09. The molecule has 0 aromatic heterocycles. The predicted octanol–water partition coefficient (Wildman–Crippen LogP) is 1.81. The molecule has 0 rings (SSSR count). The summed E-state index contributed by atoms with van der Waals surface area (Å²) >= 11 is 0. The Morgan fingerprint density at radius 1 is 1.29 bits per heavy atom. The van der Waals surface area contributed by atoms with E-state index in [4.69, 9.17) is 5.73 Å². The van der Waals surface area contributed by atoms with Crippen LogP contribution in [0.5, 0.6) is 0 Å². The van der Waals surface area contributed by atoms with Crippen LogP contribution in [0.1, 0.15) is 52.9 Å². The molecule has 0 aromatic rings. The van der Waals surface area contributed by atoms with Gasteiger partial charge in [-0.05, 0) is 19.8 Å². The predicted molar refractivity (Wildman–Crippen MR) is 60.0 cm³/mol. The smallest absolute Gasteiger partial charge is 0.237 e. The summed E-state index contributed by atoms with van der Waals surface area (Å²) in [5, 5.41) is 2.94. The van der Waals surface area contributed by atoms with Gasteiger partial charge in [0.2, 0.25) is 5.91 Å². The van der Waals surface area contributed by atoms with Crippen molar-refractivity contribution in [1.82, 2.24) is 5.32 Å². The molecule has 0 fully saturated rings. The van der Waals surface area contributed by atoms with Crippen molar-refractivity contribution in [2.24, 2.45) is 5.73 Å². The quantitative estimate of drug-likeness (QED) is 0.658. The number of unbranched alkanes of at least 4 members (excludes halogenated alkanes) is 1. The number of carbonyl (C=O) groups is 1. The van der Waals surface area contributed by atoms with Gasteiger partial charge in [-0.1, -0.05) is 33.1 Å². The molecule has 2 atom stereocenters. The van der Waals surface area contributed by atoms with E-state index in [1.54, 1.807) is 0 Å². The van der Waals surface area contributed by atoms with Crippen molar-refractivity contribution in [3.8, 4) is 0 Å². The largest absolute Gasteiger partial charge is 0.352 e. The van der Waals surface area contributed by atoms with Crippen LogP contribution in [-0.4, -0.2) is 18.0 Å². The number of rotatable bonds is 7. The number of nitrogens with one attached hydrogen (secondary N) is 1. The van der Waals surface area contributed by atoms with Crippen LogP contribution in [0.3, 0.4) is 0 Å². The van der Waals surface area contributed by atoms with Gasteiger partial charge in [-0.2, -0.15) is 0 Å². The monoisotopic (exact) mass is 200 g/mol. The Morgan fingerprint density at radius 3 is 2.43 bits per heavy atom. The highest BCUT2D eigenvalue weighted by Crippen LogP contribution is 2.00. The molecular weight excluding hydrogens is 176 g/mol. The van der Waals surface area contributed by atoms with Gasteiger partial charge in [0, 0.05) is 6.04 Å². The van der Waals surface area contributed by atoms with Crippen molar-refractivity contribution < 1.29 is 4.79 Å². The van der Waals surface area contributed by atoms with Crippen LogP contribution in [-0.2, 0) is 4.79 Å². The molecule has 84 valence electrons. The fraction of sp³-hybridized carbons (Fsp3) is 0.909. The molecule has 0 spiro atoms. The van der Waals surface area contributed by atoms with Gasteiger partial charge in [-0.25, -0.2) is 0 Å². The van der Waals surface area contributed by atoms with E-state index < -0.39 is 0 Å². The second kappa shape index (κ2) is 7.80. The van der Waals surface area contributed by atoms with Crippen LogP contribution in [0.15, 0.2) is 0 Å². The number of hydrogen-bond donors (Lipinski definition) is 2. The van der Waals surface area contributed by atoms with E-state index in [1.807, 2.05) is 13.8 Å². The lowest BCUT2D eigenvalue weighted by Crippen LogP contribution is -2.44. The molecule has 0 aliphatic carbocycles. The summed E-state index contributed by atoms with van der Waals surface area (Å²) in [6, 6.07) is -0.0746. The molecule has 3 nitrogen and oxygen atoms in total. The van der Waals surface area contributed by atoms with Gasteiger partial charge < -0.3 is 11.1 Å². The van der Waals surface area contributed by atoms with Gasteiger partial charge >= 0.3 is 0 Å². The summed E-state index contributed by atoms with van der Waals surface area (Å²) in [6.45, 7) is 6.22. The lowest BCUT2D eigenvalue weighted by molar-refractivity contribution is -0.123. The van der Waals surface area contributed by atoms with Crippen molar-refractivity contribution in [3.63, 3.8) is 0 Å². The Balaban J connectivity index is 3.69. The molecule has 1 amide bonds. The van der Waals surface area contributed by atoms with Crippen LogP contribution in [0.25, 0.3) is 0 Å². The summed E-state index contributed by atoms with van der Waals surface area (Å²) in [4.78, 5) is 11.5. The van der Waals surface area contributed by atoms with Crippen LogP contribution < -0.4 is 11.1 Å². The molecule has 1 unspecified atom stereocenters. The maximum Gasteiger partial charge on any atom is 0.237 e. The van der Waals surface area contributed by atoms with Crippen molar-refractivity contribution in [3.05, 3.63) is 0 Å². The van der Waals surface area contributed by atoms with Crippen LogP contribution in [0, 0.1) is 0 Å². The minimum Gasteiger partial charge on any atom is -0.352 e. The third-order valence-corrected chi connectivity index (χ3v) is 2.32. The zero-order valence-electron chi connectivity index (χ0n) is 9.68. The van der Waals surface area contributed by atoms with Crippen molar-refractivity contribution in [1.29, 1.82) is 0 Å². The second-order valence-corrected chi connectivity index (χ2v) is 3.95. The standard InChI is InChI=1S/C11H24N2O/c1-4-6-8-9(3)13-11(14)10(12)7-5-2/h9-10H,4-8,12H2,1-3H3,(H,13,14)/t9?,10-/m1/s1. The maximum atomic E-state index is 11.5. The average Bonchev–Trinajstić information content (AvgIpc) is 2.15. The summed E-state index contributed by atoms with van der Waals surface area (Å²) < 4.78 is 0. The SMILES string of the molecule is CCCCC(C)NC(=O)[C@H](N)CCC. The molecule has 0 aliphatic heterocycles. The molecule has 14 heavy (non-hydrogen) atoms. The van der Waals surface area contributed by atoms with E-state index in [-0.39, 0.29) is 18.0 Å². The van der Waals surface area contributed by atoms with Gasteiger partial charge in [0.25, 0.3) is 0 Å². The first kappa shape index (κ1) is 13.4. The highest BCUT2D eigenvalue weighted by molar-refractivity contribution is 5.81. The lowest BCUT2D eigenvalue weighted by atomic mass is 10.1. The Kier molecular flexibility index (Phi) is 7.48. The Bertz CT molecular complexity index is 159. The number of carbonyl (C=O) groups excluding carboxylic acids is 1. The van der Waals surface area contributed by atoms with Crippen molar-refractivity contribution in [2.45, 2.75) is 65.0 Å². The summed E-state index contributed by atoms with van der Waals surface area (Å²) in [5.74, 6) is -0.00421. The molecule has 0 radical (unpaired) electrons. The number of nitrogens with two attached hydrogens (primary N) is 1. The van der Waals surface area contributed by atoms with Crippen LogP contribution in [0.2, 0.25) is 0 Å². The van der Waals surface area contributed by atoms with E-state index in [2.05, 4.69) is 12.2 Å². The van der Waals surface area contributed by atoms with Gasteiger partial charge in [-0.15, -0.1) is 0 Å². The molecule has 0 aliphatic rings. The highest BCUT2D eigenvalue weighted by atomic mass is 16.2. The Hall–Kier alpha value is -0.570. The molecule has 0 aromatic carbocycles. The molecule has 3 N–H and O–H groups in total. The third-order valence-electron chi connectivity index (χ3n) is 2.32. The fourth-order valence-electron chi connectivity index (χ4n) is 1.37. The molecule has 0 saturated carbocycles. The normalized spacial score (nSPS) is 14.9. The van der Waals surface area contributed by atoms with Crippen molar-refractivity contribution >= 4 is 5.91 Å². The van der Waals surface area contributed by atoms with E-state index in [9.17, 15) is 4.79 Å². The van der Waals surface area contributed by atoms with E-state index >= 15 is 0 Å². The molecule has 0 bridgehead atoms. The molecular formula is C11H24N2O. The average molecular weight is 200 g/mol. The van der Waals surface area contributed by atoms with E-state index in [1.165, 1.54) is 6.42 Å². The zero-order chi connectivity index (χ0) is 11.0. The van der Waals surface area contributed by atoms with Crippen LogP contribution >= 0.6 is 0 Å². The van der Waals surface area contributed by atoms with Crippen LogP contribution in [0.4, 0.5) is 0 Å². The Labute approximate surface area is 87.4 Å². The topological polar surface area (TPSA) is 55.1 Å². The highest BCUT2D eigenvalue weighted by Gasteiger charge is 2.13. The fourth-order valence-corrected chi connectivity index (χ4v) is 1.37. The van der Waals surface area contributed by atoms with E-state index in [0.717, 1.165) is 25.7 Å². The summed E-state index contributed by atoms with van der Waals surface area (Å²) in [5.41, 5.74) is 5.69. The first-order chi connectivity index (χ1) is 6.61. The first-order valence-electron chi connectivity index (χ1n) is 5.67. The van der Waals surface area contributed by atoms with Gasteiger partial charge in [0.15, 0.2) is 0 Å².